The number of fused-ring (bicyclic) bond motifs is 1. The van der Waals surface area contributed by atoms with Crippen LogP contribution >= 0.6 is 23.1 Å². The van der Waals surface area contributed by atoms with E-state index in [1.807, 2.05) is 6.20 Å². The molecule has 5 nitrogen and oxygen atoms in total. The SMILES string of the molecule is CCCNc1nc(Sc2ncc[nH]2)c2cc(C)sc2n1. The van der Waals surface area contributed by atoms with Gasteiger partial charge in [-0.1, -0.05) is 6.92 Å². The number of imidazole rings is 1. The molecule has 0 aliphatic rings. The molecule has 0 aliphatic heterocycles. The van der Waals surface area contributed by atoms with Gasteiger partial charge in [-0.3, -0.25) is 0 Å². The largest absolute Gasteiger partial charge is 0.354 e. The van der Waals surface area contributed by atoms with Crippen LogP contribution in [0.4, 0.5) is 5.95 Å². The molecule has 20 heavy (non-hydrogen) atoms. The minimum absolute atomic E-state index is 0.690. The second-order valence-electron chi connectivity index (χ2n) is 4.35. The molecule has 0 bridgehead atoms. The van der Waals surface area contributed by atoms with Crippen LogP contribution in [0.2, 0.25) is 0 Å². The van der Waals surface area contributed by atoms with Gasteiger partial charge in [0.05, 0.1) is 0 Å². The van der Waals surface area contributed by atoms with E-state index in [2.05, 4.69) is 45.2 Å². The van der Waals surface area contributed by atoms with Crippen LogP contribution in [0.5, 0.6) is 0 Å². The van der Waals surface area contributed by atoms with Crippen LogP contribution in [0.1, 0.15) is 18.2 Å². The van der Waals surface area contributed by atoms with Gasteiger partial charge in [0.1, 0.15) is 9.86 Å². The normalized spacial score (nSPS) is 11.1. The first-order valence-electron chi connectivity index (χ1n) is 6.45. The van der Waals surface area contributed by atoms with Gasteiger partial charge >= 0.3 is 0 Å². The maximum Gasteiger partial charge on any atom is 0.225 e. The highest BCUT2D eigenvalue weighted by molar-refractivity contribution is 7.99. The molecule has 104 valence electrons. The molecule has 0 unspecified atom stereocenters. The van der Waals surface area contributed by atoms with Crippen molar-refractivity contribution in [1.29, 1.82) is 0 Å². The smallest absolute Gasteiger partial charge is 0.225 e. The quantitative estimate of drug-likeness (QED) is 0.704. The number of aryl methyl sites for hydroxylation is 1. The number of H-pyrrole nitrogens is 1. The number of rotatable bonds is 5. The van der Waals surface area contributed by atoms with E-state index in [0.29, 0.717) is 5.95 Å². The van der Waals surface area contributed by atoms with Crippen molar-refractivity contribution in [2.24, 2.45) is 0 Å². The molecular formula is C13H15N5S2. The standard InChI is InChI=1S/C13H15N5S2/c1-3-4-14-12-17-10-9(7-8(2)19-10)11(18-12)20-13-15-5-6-16-13/h5-7H,3-4H2,1-2H3,(H,15,16)(H,14,17,18). The number of aromatic nitrogens is 4. The highest BCUT2D eigenvalue weighted by Gasteiger charge is 2.12. The molecule has 3 rings (SSSR count). The van der Waals surface area contributed by atoms with E-state index in [4.69, 9.17) is 0 Å². The van der Waals surface area contributed by atoms with Crippen LogP contribution in [0.15, 0.2) is 28.6 Å². The Hall–Kier alpha value is -1.60. The summed E-state index contributed by atoms with van der Waals surface area (Å²) in [5.74, 6) is 0.690. The van der Waals surface area contributed by atoms with E-state index in [1.165, 1.54) is 16.6 Å². The average molecular weight is 305 g/mol. The summed E-state index contributed by atoms with van der Waals surface area (Å²) < 4.78 is 0. The van der Waals surface area contributed by atoms with Crippen LogP contribution in [0.3, 0.4) is 0 Å². The zero-order chi connectivity index (χ0) is 13.9. The van der Waals surface area contributed by atoms with Gasteiger partial charge in [0.25, 0.3) is 0 Å². The van der Waals surface area contributed by atoms with E-state index < -0.39 is 0 Å². The molecule has 0 fully saturated rings. The molecule has 0 saturated heterocycles. The molecule has 0 atom stereocenters. The van der Waals surface area contributed by atoms with Gasteiger partial charge in [-0.05, 0) is 31.2 Å². The van der Waals surface area contributed by atoms with Crippen LogP contribution in [-0.4, -0.2) is 26.5 Å². The van der Waals surface area contributed by atoms with Crippen molar-refractivity contribution in [3.8, 4) is 0 Å². The number of hydrogen-bond donors (Lipinski definition) is 2. The maximum absolute atomic E-state index is 4.61. The van der Waals surface area contributed by atoms with Crippen molar-refractivity contribution in [2.75, 3.05) is 11.9 Å². The first kappa shape index (κ1) is 13.4. The van der Waals surface area contributed by atoms with Gasteiger partial charge in [0.2, 0.25) is 5.95 Å². The van der Waals surface area contributed by atoms with Crippen LogP contribution in [0.25, 0.3) is 10.2 Å². The van der Waals surface area contributed by atoms with Crippen LogP contribution in [0, 0.1) is 6.92 Å². The molecule has 3 aromatic heterocycles. The lowest BCUT2D eigenvalue weighted by atomic mass is 10.4. The zero-order valence-electron chi connectivity index (χ0n) is 11.3. The summed E-state index contributed by atoms with van der Waals surface area (Å²) in [5, 5.41) is 6.13. The fourth-order valence-electron chi connectivity index (χ4n) is 1.81. The lowest BCUT2D eigenvalue weighted by Crippen LogP contribution is -2.04. The monoisotopic (exact) mass is 305 g/mol. The third-order valence-electron chi connectivity index (χ3n) is 2.68. The molecule has 0 aromatic carbocycles. The third kappa shape index (κ3) is 2.78. The number of anilines is 1. The Morgan fingerprint density at radius 2 is 2.30 bits per heavy atom. The Kier molecular flexibility index (Phi) is 3.88. The van der Waals surface area contributed by atoms with E-state index in [-0.39, 0.29) is 0 Å². The summed E-state index contributed by atoms with van der Waals surface area (Å²) in [5.41, 5.74) is 0. The van der Waals surface area contributed by atoms with Gasteiger partial charge in [-0.15, -0.1) is 11.3 Å². The Bertz CT molecular complexity index is 705. The van der Waals surface area contributed by atoms with Crippen LogP contribution < -0.4 is 5.32 Å². The summed E-state index contributed by atoms with van der Waals surface area (Å²) in [4.78, 5) is 18.8. The summed E-state index contributed by atoms with van der Waals surface area (Å²) >= 11 is 3.23. The van der Waals surface area contributed by atoms with E-state index >= 15 is 0 Å². The zero-order valence-corrected chi connectivity index (χ0v) is 12.9. The van der Waals surface area contributed by atoms with E-state index in [9.17, 15) is 0 Å². The Morgan fingerprint density at radius 3 is 3.05 bits per heavy atom. The lowest BCUT2D eigenvalue weighted by molar-refractivity contribution is 0.945. The molecule has 3 heterocycles. The highest BCUT2D eigenvalue weighted by atomic mass is 32.2. The first-order valence-corrected chi connectivity index (χ1v) is 8.09. The van der Waals surface area contributed by atoms with Gasteiger partial charge in [-0.2, -0.15) is 0 Å². The number of hydrogen-bond acceptors (Lipinski definition) is 6. The fraction of sp³-hybridized carbons (Fsp3) is 0.308. The molecule has 0 radical (unpaired) electrons. The van der Waals surface area contributed by atoms with Crippen molar-refractivity contribution < 1.29 is 0 Å². The van der Waals surface area contributed by atoms with Crippen molar-refractivity contribution in [2.45, 2.75) is 30.5 Å². The highest BCUT2D eigenvalue weighted by Crippen LogP contribution is 2.34. The van der Waals surface area contributed by atoms with Crippen molar-refractivity contribution in [3.05, 3.63) is 23.3 Å². The summed E-state index contributed by atoms with van der Waals surface area (Å²) in [6.07, 6.45) is 4.61. The molecule has 0 amide bonds. The second kappa shape index (κ2) is 5.80. The van der Waals surface area contributed by atoms with E-state index in [1.54, 1.807) is 17.5 Å². The fourth-order valence-corrected chi connectivity index (χ4v) is 3.57. The van der Waals surface area contributed by atoms with Crippen molar-refractivity contribution >= 4 is 39.3 Å². The van der Waals surface area contributed by atoms with Gasteiger partial charge in [0.15, 0.2) is 5.16 Å². The number of aromatic amines is 1. The molecule has 3 aromatic rings. The predicted octanol–water partition coefficient (Wildman–Crippen LogP) is 3.70. The molecular weight excluding hydrogens is 290 g/mol. The van der Waals surface area contributed by atoms with Gasteiger partial charge < -0.3 is 10.3 Å². The average Bonchev–Trinajstić information content (AvgIpc) is 3.05. The second-order valence-corrected chi connectivity index (χ2v) is 6.56. The minimum atomic E-state index is 0.690. The van der Waals surface area contributed by atoms with Crippen molar-refractivity contribution in [1.82, 2.24) is 19.9 Å². The van der Waals surface area contributed by atoms with Crippen LogP contribution in [-0.2, 0) is 0 Å². The Morgan fingerprint density at radius 1 is 1.40 bits per heavy atom. The first-order chi connectivity index (χ1) is 9.76. The summed E-state index contributed by atoms with van der Waals surface area (Å²) in [6.45, 7) is 5.09. The van der Waals surface area contributed by atoms with Gasteiger partial charge in [0, 0.05) is 29.2 Å². The number of nitrogens with zero attached hydrogens (tertiary/aromatic N) is 3. The summed E-state index contributed by atoms with van der Waals surface area (Å²) in [7, 11) is 0. The number of nitrogens with one attached hydrogen (secondary N) is 2. The molecule has 0 saturated carbocycles. The van der Waals surface area contributed by atoms with Gasteiger partial charge in [-0.25, -0.2) is 15.0 Å². The number of thiophene rings is 1. The molecule has 0 aliphatic carbocycles. The lowest BCUT2D eigenvalue weighted by Gasteiger charge is -2.05. The maximum atomic E-state index is 4.61. The molecule has 0 spiro atoms. The Labute approximate surface area is 125 Å². The van der Waals surface area contributed by atoms with Crippen molar-refractivity contribution in [3.63, 3.8) is 0 Å². The van der Waals surface area contributed by atoms with E-state index in [0.717, 1.165) is 33.4 Å². The molecule has 7 heteroatoms. The molecule has 2 N–H and O–H groups in total. The predicted molar refractivity (Wildman–Crippen MR) is 83.6 cm³/mol. The topological polar surface area (TPSA) is 66.5 Å². The third-order valence-corrected chi connectivity index (χ3v) is 4.55. The Balaban J connectivity index is 2.02. The minimum Gasteiger partial charge on any atom is -0.354 e. The summed E-state index contributed by atoms with van der Waals surface area (Å²) in [6, 6.07) is 2.13.